The van der Waals surface area contributed by atoms with Gasteiger partial charge in [0.2, 0.25) is 0 Å². The Morgan fingerprint density at radius 2 is 0.750 bits per heavy atom. The topological polar surface area (TPSA) is 108 Å². The van der Waals surface area contributed by atoms with Gasteiger partial charge in [-0.1, -0.05) is 280 Å². The van der Waals surface area contributed by atoms with E-state index in [-0.39, 0.29) is 38.2 Å². The van der Waals surface area contributed by atoms with Gasteiger partial charge in [0, 0.05) is 12.8 Å². The number of carbonyl (C=O) groups is 3. The van der Waals surface area contributed by atoms with Crippen LogP contribution < -0.4 is 0 Å². The van der Waals surface area contributed by atoms with E-state index in [0.29, 0.717) is 17.4 Å². The Labute approximate surface area is 469 Å². The molecule has 0 amide bonds. The number of carbonyl (C=O) groups excluding carboxylic acids is 2. The van der Waals surface area contributed by atoms with Crippen LogP contribution in [0.1, 0.15) is 290 Å². The fraction of sp³-hybridized carbons (Fsp3) is 0.806. The number of aliphatic carboxylic acids is 1. The number of quaternary nitrogens is 1. The van der Waals surface area contributed by atoms with E-state index >= 15 is 0 Å². The summed E-state index contributed by atoms with van der Waals surface area (Å²) in [6, 6.07) is 0. The van der Waals surface area contributed by atoms with Crippen LogP contribution in [0.2, 0.25) is 0 Å². The number of carboxylic acid groups (broad SMARTS) is 1. The molecule has 9 heteroatoms. The van der Waals surface area contributed by atoms with Crippen LogP contribution in [0.4, 0.5) is 0 Å². The lowest BCUT2D eigenvalue weighted by Crippen LogP contribution is -2.40. The molecule has 0 heterocycles. The number of esters is 2. The summed E-state index contributed by atoms with van der Waals surface area (Å²) in [5, 5.41) is 9.69. The number of hydrogen-bond donors (Lipinski definition) is 1. The third-order valence-electron chi connectivity index (χ3n) is 14.0. The highest BCUT2D eigenvalue weighted by molar-refractivity contribution is 5.71. The molecule has 0 aliphatic rings. The molecule has 0 aromatic rings. The Balaban J connectivity index is 3.93. The fourth-order valence-electron chi connectivity index (χ4n) is 9.16. The first-order valence-electron chi connectivity index (χ1n) is 32.0. The molecule has 0 bridgehead atoms. The number of hydrogen-bond acceptors (Lipinski definition) is 7. The first kappa shape index (κ1) is 73.0. The van der Waals surface area contributed by atoms with Gasteiger partial charge in [-0.3, -0.25) is 9.59 Å². The van der Waals surface area contributed by atoms with E-state index in [4.69, 9.17) is 18.9 Å². The average Bonchev–Trinajstić information content (AvgIpc) is 3.39. The van der Waals surface area contributed by atoms with Gasteiger partial charge in [0.15, 0.2) is 6.10 Å². The summed E-state index contributed by atoms with van der Waals surface area (Å²) in [6.45, 7) is 4.79. The second-order valence-electron chi connectivity index (χ2n) is 22.7. The molecule has 0 rings (SSSR count). The number of likely N-dealkylation sites (N-methyl/N-ethyl adjacent to an activating group) is 1. The maximum Gasteiger partial charge on any atom is 0.361 e. The largest absolute Gasteiger partial charge is 0.477 e. The molecule has 0 spiro atoms. The predicted octanol–water partition coefficient (Wildman–Crippen LogP) is 19.2. The summed E-state index contributed by atoms with van der Waals surface area (Å²) in [6.07, 6.45) is 72.0. The number of ether oxygens (including phenoxy) is 4. The number of unbranched alkanes of at least 4 members (excludes halogenated alkanes) is 34. The zero-order chi connectivity index (χ0) is 55.5. The molecule has 9 nitrogen and oxygen atoms in total. The summed E-state index contributed by atoms with van der Waals surface area (Å²) in [4.78, 5) is 37.4. The van der Waals surface area contributed by atoms with Crippen molar-refractivity contribution in [3.63, 3.8) is 0 Å². The van der Waals surface area contributed by atoms with Crippen molar-refractivity contribution in [2.45, 2.75) is 302 Å². The minimum absolute atomic E-state index is 0.177. The van der Waals surface area contributed by atoms with Gasteiger partial charge in [-0.2, -0.15) is 0 Å². The Kier molecular flexibility index (Phi) is 55.8. The van der Waals surface area contributed by atoms with Crippen molar-refractivity contribution in [1.29, 1.82) is 0 Å². The standard InChI is InChI=1S/C67H121NO8/c1-6-8-10-12-14-16-18-20-21-22-23-24-25-26-27-28-29-30-31-32-33-34-35-36-37-38-39-40-41-42-43-44-45-46-48-50-52-54-56-58-65(70)76-63(62-75-67(66(71)72)73-60-59-68(3,4)5)61-74-64(69)57-55-53-51-49-47-19-17-15-13-11-9-7-2/h8,10,14,16,20-21,23-24,26-27,63,67H,6-7,9,11-13,15,17-19,22,25,28-62H2,1-5H3/p+1/b10-8-,16-14-,21-20-,24-23-,27-26-. The summed E-state index contributed by atoms with van der Waals surface area (Å²) in [5.41, 5.74) is 0. The predicted molar refractivity (Wildman–Crippen MR) is 323 cm³/mol. The molecule has 76 heavy (non-hydrogen) atoms. The summed E-state index contributed by atoms with van der Waals surface area (Å²) in [5.74, 6) is -1.99. The summed E-state index contributed by atoms with van der Waals surface area (Å²) < 4.78 is 22.9. The van der Waals surface area contributed by atoms with Crippen molar-refractivity contribution in [3.05, 3.63) is 60.8 Å². The highest BCUT2D eigenvalue weighted by Crippen LogP contribution is 2.18. The molecular weight excluding hydrogens is 947 g/mol. The van der Waals surface area contributed by atoms with Crippen LogP contribution in [0.5, 0.6) is 0 Å². The molecule has 0 fully saturated rings. The van der Waals surface area contributed by atoms with Gasteiger partial charge in [-0.15, -0.1) is 0 Å². The highest BCUT2D eigenvalue weighted by atomic mass is 16.7. The average molecular weight is 1070 g/mol. The number of nitrogens with zero attached hydrogens (tertiary/aromatic N) is 1. The van der Waals surface area contributed by atoms with Crippen molar-refractivity contribution < 1.29 is 42.9 Å². The van der Waals surface area contributed by atoms with Crippen molar-refractivity contribution in [1.82, 2.24) is 0 Å². The number of carboxylic acids is 1. The quantitative estimate of drug-likeness (QED) is 0.0211. The second-order valence-corrected chi connectivity index (χ2v) is 22.7. The van der Waals surface area contributed by atoms with Crippen molar-refractivity contribution in [2.24, 2.45) is 0 Å². The Morgan fingerprint density at radius 1 is 0.408 bits per heavy atom. The van der Waals surface area contributed by atoms with Crippen molar-refractivity contribution >= 4 is 17.9 Å². The Morgan fingerprint density at radius 3 is 1.12 bits per heavy atom. The number of allylic oxidation sites excluding steroid dienone is 10. The lowest BCUT2D eigenvalue weighted by atomic mass is 10.0. The monoisotopic (exact) mass is 1070 g/mol. The Hall–Kier alpha value is -3.01. The molecule has 442 valence electrons. The van der Waals surface area contributed by atoms with E-state index < -0.39 is 18.4 Å². The maximum absolute atomic E-state index is 12.9. The molecule has 2 atom stereocenters. The SMILES string of the molecule is CC/C=C\C/C=C\C/C=C\C/C=C\C/C=C\CCCCCCCCCCCCCCCCCCCCCCCCCC(=O)OC(COC(=O)CCCCCCCCCCCCCC)COC(OCC[N+](C)(C)C)C(=O)O. The van der Waals surface area contributed by atoms with Crippen LogP contribution in [-0.2, 0) is 33.3 Å². The van der Waals surface area contributed by atoms with Crippen LogP contribution in [0, 0.1) is 0 Å². The van der Waals surface area contributed by atoms with Gasteiger partial charge in [0.1, 0.15) is 13.2 Å². The first-order chi connectivity index (χ1) is 37.1. The van der Waals surface area contributed by atoms with E-state index in [0.717, 1.165) is 70.6 Å². The summed E-state index contributed by atoms with van der Waals surface area (Å²) >= 11 is 0. The number of rotatable bonds is 59. The van der Waals surface area contributed by atoms with E-state index in [2.05, 4.69) is 74.6 Å². The van der Waals surface area contributed by atoms with Crippen LogP contribution in [0.15, 0.2) is 60.8 Å². The third kappa shape index (κ3) is 58.7. The second kappa shape index (κ2) is 58.1. The van der Waals surface area contributed by atoms with Gasteiger partial charge in [-0.05, 0) is 57.8 Å². The lowest BCUT2D eigenvalue weighted by molar-refractivity contribution is -0.870. The van der Waals surface area contributed by atoms with Gasteiger partial charge in [0.25, 0.3) is 6.29 Å². The van der Waals surface area contributed by atoms with E-state index in [9.17, 15) is 19.5 Å². The molecule has 0 aliphatic heterocycles. The van der Waals surface area contributed by atoms with Crippen LogP contribution in [0.25, 0.3) is 0 Å². The molecule has 0 aromatic carbocycles. The maximum atomic E-state index is 12.9. The third-order valence-corrected chi connectivity index (χ3v) is 14.0. The molecule has 0 saturated heterocycles. The molecule has 2 unspecified atom stereocenters. The summed E-state index contributed by atoms with van der Waals surface area (Å²) in [7, 11) is 5.98. The van der Waals surface area contributed by atoms with Gasteiger partial charge in [-0.25, -0.2) is 4.79 Å². The van der Waals surface area contributed by atoms with Crippen molar-refractivity contribution in [2.75, 3.05) is 47.5 Å². The highest BCUT2D eigenvalue weighted by Gasteiger charge is 2.25. The fourth-order valence-corrected chi connectivity index (χ4v) is 9.16. The normalized spacial score (nSPS) is 13.1. The first-order valence-corrected chi connectivity index (χ1v) is 32.0. The lowest BCUT2D eigenvalue weighted by Gasteiger charge is -2.25. The molecule has 0 radical (unpaired) electrons. The van der Waals surface area contributed by atoms with E-state index in [1.54, 1.807) is 0 Å². The smallest absolute Gasteiger partial charge is 0.361 e. The molecule has 0 aromatic heterocycles. The minimum atomic E-state index is -1.51. The molecule has 0 aliphatic carbocycles. The van der Waals surface area contributed by atoms with Gasteiger partial charge in [0.05, 0.1) is 34.4 Å². The molecule has 0 saturated carbocycles. The van der Waals surface area contributed by atoms with Crippen LogP contribution in [-0.4, -0.2) is 87.4 Å². The van der Waals surface area contributed by atoms with E-state index in [1.807, 2.05) is 21.1 Å². The van der Waals surface area contributed by atoms with Gasteiger partial charge >= 0.3 is 17.9 Å². The Bertz CT molecular complexity index is 1430. The zero-order valence-corrected chi connectivity index (χ0v) is 50.4. The minimum Gasteiger partial charge on any atom is -0.477 e. The van der Waals surface area contributed by atoms with Crippen LogP contribution >= 0.6 is 0 Å². The molecular formula is C67H122NO8+. The van der Waals surface area contributed by atoms with Crippen LogP contribution in [0.3, 0.4) is 0 Å². The zero-order valence-electron chi connectivity index (χ0n) is 50.4. The molecule has 1 N–H and O–H groups in total. The van der Waals surface area contributed by atoms with E-state index in [1.165, 1.54) is 193 Å². The van der Waals surface area contributed by atoms with Crippen molar-refractivity contribution in [3.8, 4) is 0 Å². The van der Waals surface area contributed by atoms with Gasteiger partial charge < -0.3 is 28.5 Å².